The van der Waals surface area contributed by atoms with E-state index in [1.807, 2.05) is 0 Å². The summed E-state index contributed by atoms with van der Waals surface area (Å²) in [5.41, 5.74) is 0. The molecule has 0 fully saturated rings. The summed E-state index contributed by atoms with van der Waals surface area (Å²) in [4.78, 5) is 71.8. The molecular weight excluding hydrogens is 1040 g/mol. The van der Waals surface area contributed by atoms with Gasteiger partial charge < -0.3 is 33.8 Å². The number of carbonyl (C=O) groups is 4. The number of hydrogen-bond acceptors (Lipinski definition) is 15. The van der Waals surface area contributed by atoms with E-state index in [4.69, 9.17) is 37.0 Å². The van der Waals surface area contributed by atoms with Crippen LogP contribution in [0.5, 0.6) is 0 Å². The molecule has 5 atom stereocenters. The Morgan fingerprint density at radius 1 is 0.346 bits per heavy atom. The molecule has 462 valence electrons. The first kappa shape index (κ1) is 76.1. The van der Waals surface area contributed by atoms with Gasteiger partial charge in [-0.15, -0.1) is 0 Å². The average molecular weight is 1160 g/mol. The number of esters is 4. The molecule has 0 aromatic heterocycles. The van der Waals surface area contributed by atoms with Gasteiger partial charge in [0.05, 0.1) is 26.4 Å². The van der Waals surface area contributed by atoms with Gasteiger partial charge in [-0.05, 0) is 31.6 Å². The van der Waals surface area contributed by atoms with Crippen LogP contribution in [0.4, 0.5) is 0 Å². The van der Waals surface area contributed by atoms with Crippen molar-refractivity contribution in [1.82, 2.24) is 0 Å². The van der Waals surface area contributed by atoms with Gasteiger partial charge in [0.2, 0.25) is 0 Å². The van der Waals surface area contributed by atoms with E-state index in [9.17, 15) is 43.2 Å². The fourth-order valence-electron chi connectivity index (χ4n) is 8.70. The van der Waals surface area contributed by atoms with E-state index in [-0.39, 0.29) is 25.7 Å². The number of rotatable bonds is 59. The van der Waals surface area contributed by atoms with E-state index < -0.39 is 97.5 Å². The summed E-state index contributed by atoms with van der Waals surface area (Å²) in [6.45, 7) is 7.02. The molecule has 19 heteroatoms. The van der Waals surface area contributed by atoms with E-state index in [0.29, 0.717) is 31.6 Å². The predicted octanol–water partition coefficient (Wildman–Crippen LogP) is 15.8. The molecule has 17 nitrogen and oxygen atoms in total. The van der Waals surface area contributed by atoms with Gasteiger partial charge in [0.25, 0.3) is 0 Å². The number of aliphatic hydroxyl groups excluding tert-OH is 1. The molecule has 0 spiro atoms. The highest BCUT2D eigenvalue weighted by molar-refractivity contribution is 7.47. The maximum Gasteiger partial charge on any atom is 0.472 e. The zero-order valence-electron chi connectivity index (χ0n) is 49.8. The quantitative estimate of drug-likeness (QED) is 0.0222. The van der Waals surface area contributed by atoms with Crippen LogP contribution in [0.15, 0.2) is 0 Å². The molecule has 0 bridgehead atoms. The van der Waals surface area contributed by atoms with Crippen molar-refractivity contribution in [3.05, 3.63) is 0 Å². The smallest absolute Gasteiger partial charge is 0.462 e. The highest BCUT2D eigenvalue weighted by Gasteiger charge is 2.30. The molecule has 0 aromatic rings. The molecule has 0 aliphatic rings. The third kappa shape index (κ3) is 53.4. The fraction of sp³-hybridized carbons (Fsp3) is 0.932. The summed E-state index contributed by atoms with van der Waals surface area (Å²) in [6.07, 6.45) is 35.0. The largest absolute Gasteiger partial charge is 0.472 e. The first-order valence-electron chi connectivity index (χ1n) is 31.1. The molecule has 3 N–H and O–H groups in total. The second-order valence-electron chi connectivity index (χ2n) is 21.9. The molecular formula is C59H114O17P2. The summed E-state index contributed by atoms with van der Waals surface area (Å²) in [5.74, 6) is -1.48. The minimum atomic E-state index is -4.94. The van der Waals surface area contributed by atoms with Crippen molar-refractivity contribution in [3.63, 3.8) is 0 Å². The predicted molar refractivity (Wildman–Crippen MR) is 308 cm³/mol. The van der Waals surface area contributed by atoms with E-state index in [2.05, 4.69) is 34.6 Å². The van der Waals surface area contributed by atoms with Gasteiger partial charge >= 0.3 is 39.5 Å². The lowest BCUT2D eigenvalue weighted by Gasteiger charge is -2.21. The van der Waals surface area contributed by atoms with Gasteiger partial charge in [-0.2, -0.15) is 0 Å². The number of ether oxygens (including phenoxy) is 4. The van der Waals surface area contributed by atoms with Gasteiger partial charge in [0, 0.05) is 25.7 Å². The highest BCUT2D eigenvalue weighted by Crippen LogP contribution is 2.45. The Morgan fingerprint density at radius 3 is 0.872 bits per heavy atom. The van der Waals surface area contributed by atoms with Crippen molar-refractivity contribution in [2.24, 2.45) is 5.92 Å². The molecule has 0 aliphatic heterocycles. The summed E-state index contributed by atoms with van der Waals surface area (Å²) in [5, 5.41) is 10.5. The van der Waals surface area contributed by atoms with Crippen LogP contribution < -0.4 is 0 Å². The summed E-state index contributed by atoms with van der Waals surface area (Å²) < 4.78 is 67.7. The van der Waals surface area contributed by atoms with Crippen molar-refractivity contribution < 1.29 is 80.2 Å². The van der Waals surface area contributed by atoms with Crippen LogP contribution >= 0.6 is 15.6 Å². The Balaban J connectivity index is 5.22. The molecule has 0 radical (unpaired) electrons. The van der Waals surface area contributed by atoms with Gasteiger partial charge in [-0.1, -0.05) is 240 Å². The standard InChI is InChI=1S/C59H114O17P2/c1-6-9-12-15-18-21-23-25-28-34-39-44-58(63)75-54(48-70-57(62)43-38-33-27-24-22-19-16-13-10-7-2)50-73-77(65,66)71-46-53(60)47-72-78(67,68)74-51-55(49-69-56(61)42-37-32-26-20-17-14-11-8-3)76-59(64)45-40-35-30-29-31-36-41-52(4)5/h52-55,60H,6-51H2,1-5H3,(H,65,66)(H,67,68)/t53-,54-,55-/m1/s1. The molecule has 0 saturated carbocycles. The van der Waals surface area contributed by atoms with E-state index in [1.165, 1.54) is 109 Å². The number of phosphoric ester groups is 2. The van der Waals surface area contributed by atoms with Gasteiger partial charge in [-0.25, -0.2) is 9.13 Å². The zero-order valence-corrected chi connectivity index (χ0v) is 51.6. The van der Waals surface area contributed by atoms with Crippen molar-refractivity contribution >= 4 is 39.5 Å². The van der Waals surface area contributed by atoms with Crippen molar-refractivity contribution in [2.45, 2.75) is 310 Å². The number of carbonyl (C=O) groups excluding carboxylic acids is 4. The number of aliphatic hydroxyl groups is 1. The van der Waals surface area contributed by atoms with Crippen LogP contribution in [-0.4, -0.2) is 96.7 Å². The monoisotopic (exact) mass is 1160 g/mol. The van der Waals surface area contributed by atoms with E-state index in [1.54, 1.807) is 0 Å². The topological polar surface area (TPSA) is 237 Å². The number of phosphoric acid groups is 2. The lowest BCUT2D eigenvalue weighted by atomic mass is 10.0. The van der Waals surface area contributed by atoms with Crippen LogP contribution in [0.3, 0.4) is 0 Å². The lowest BCUT2D eigenvalue weighted by Crippen LogP contribution is -2.30. The minimum absolute atomic E-state index is 0.102. The van der Waals surface area contributed by atoms with Crippen molar-refractivity contribution in [3.8, 4) is 0 Å². The van der Waals surface area contributed by atoms with Crippen molar-refractivity contribution in [2.75, 3.05) is 39.6 Å². The SMILES string of the molecule is CCCCCCCCCCCCCC(=O)O[C@H](COC(=O)CCCCCCCCCCCC)COP(=O)(O)OC[C@@H](O)COP(=O)(O)OC[C@@H](COC(=O)CCCCCCCCCC)OC(=O)CCCCCCCCC(C)C. The molecule has 78 heavy (non-hydrogen) atoms. The second kappa shape index (κ2) is 53.1. The third-order valence-electron chi connectivity index (χ3n) is 13.5. The molecule has 2 unspecified atom stereocenters. The first-order chi connectivity index (χ1) is 37.5. The Morgan fingerprint density at radius 2 is 0.590 bits per heavy atom. The van der Waals surface area contributed by atoms with Crippen LogP contribution in [0.1, 0.15) is 291 Å². The van der Waals surface area contributed by atoms with Crippen LogP contribution in [0, 0.1) is 5.92 Å². The third-order valence-corrected chi connectivity index (χ3v) is 15.4. The van der Waals surface area contributed by atoms with Crippen LogP contribution in [-0.2, 0) is 65.4 Å². The normalized spacial score (nSPS) is 14.4. The Hall–Kier alpha value is -1.94. The molecule has 0 rings (SSSR count). The first-order valence-corrected chi connectivity index (χ1v) is 34.1. The lowest BCUT2D eigenvalue weighted by molar-refractivity contribution is -0.161. The minimum Gasteiger partial charge on any atom is -0.462 e. The zero-order chi connectivity index (χ0) is 57.8. The van der Waals surface area contributed by atoms with Crippen molar-refractivity contribution in [1.29, 1.82) is 0 Å². The Kier molecular flexibility index (Phi) is 51.8. The molecule has 0 saturated heterocycles. The van der Waals surface area contributed by atoms with Gasteiger partial charge in [0.15, 0.2) is 12.2 Å². The Labute approximate surface area is 473 Å². The van der Waals surface area contributed by atoms with Gasteiger partial charge in [0.1, 0.15) is 19.3 Å². The molecule has 0 aliphatic carbocycles. The maximum atomic E-state index is 12.9. The highest BCUT2D eigenvalue weighted by atomic mass is 31.2. The van der Waals surface area contributed by atoms with Crippen LogP contribution in [0.2, 0.25) is 0 Å². The maximum absolute atomic E-state index is 12.9. The summed E-state index contributed by atoms with van der Waals surface area (Å²) in [6, 6.07) is 0. The van der Waals surface area contributed by atoms with E-state index in [0.717, 1.165) is 96.3 Å². The molecule has 0 amide bonds. The second-order valence-corrected chi connectivity index (χ2v) is 24.8. The molecule has 0 heterocycles. The summed E-state index contributed by atoms with van der Waals surface area (Å²) in [7, 11) is -9.87. The van der Waals surface area contributed by atoms with Gasteiger partial charge in [-0.3, -0.25) is 37.3 Å². The number of unbranched alkanes of at least 4 members (excludes halogenated alkanes) is 31. The average Bonchev–Trinajstić information content (AvgIpc) is 3.40. The number of hydrogen-bond donors (Lipinski definition) is 3. The van der Waals surface area contributed by atoms with E-state index >= 15 is 0 Å². The molecule has 0 aromatic carbocycles. The van der Waals surface area contributed by atoms with Crippen LogP contribution in [0.25, 0.3) is 0 Å². The summed E-state index contributed by atoms with van der Waals surface area (Å²) >= 11 is 0. The fourth-order valence-corrected chi connectivity index (χ4v) is 10.3. The Bertz CT molecular complexity index is 1530.